The molecule has 0 atom stereocenters. The van der Waals surface area contributed by atoms with E-state index in [-0.39, 0.29) is 0 Å². The van der Waals surface area contributed by atoms with Crippen LogP contribution in [0, 0.1) is 0 Å². The zero-order chi connectivity index (χ0) is 12.7. The van der Waals surface area contributed by atoms with Crippen LogP contribution in [0.4, 0.5) is 0 Å². The SMILES string of the molecule is CCOc1cc(SCC)c(OC)cc1CCN. The van der Waals surface area contributed by atoms with Crippen molar-refractivity contribution in [1.29, 1.82) is 0 Å². The average molecular weight is 255 g/mol. The molecule has 0 aliphatic heterocycles. The van der Waals surface area contributed by atoms with Crippen molar-refractivity contribution in [3.05, 3.63) is 17.7 Å². The van der Waals surface area contributed by atoms with Crippen molar-refractivity contribution in [2.45, 2.75) is 25.2 Å². The van der Waals surface area contributed by atoms with Crippen LogP contribution < -0.4 is 15.2 Å². The first-order valence-corrected chi connectivity index (χ1v) is 6.91. The summed E-state index contributed by atoms with van der Waals surface area (Å²) in [5, 5.41) is 0. The Hall–Kier alpha value is -0.870. The minimum absolute atomic E-state index is 0.615. The molecule has 1 aromatic rings. The molecule has 0 saturated carbocycles. The molecule has 0 bridgehead atoms. The molecule has 0 radical (unpaired) electrons. The number of hydrogen-bond acceptors (Lipinski definition) is 4. The molecule has 0 fully saturated rings. The minimum atomic E-state index is 0.615. The van der Waals surface area contributed by atoms with Crippen molar-refractivity contribution in [3.63, 3.8) is 0 Å². The van der Waals surface area contributed by atoms with Crippen LogP contribution in [-0.4, -0.2) is 26.0 Å². The molecule has 0 amide bonds. The molecule has 0 spiro atoms. The molecule has 0 aliphatic carbocycles. The largest absolute Gasteiger partial charge is 0.496 e. The van der Waals surface area contributed by atoms with E-state index in [4.69, 9.17) is 15.2 Å². The predicted molar refractivity (Wildman–Crippen MR) is 73.3 cm³/mol. The van der Waals surface area contributed by atoms with Gasteiger partial charge in [0.2, 0.25) is 0 Å². The molecule has 1 rings (SSSR count). The Kier molecular flexibility index (Phi) is 6.22. The van der Waals surface area contributed by atoms with Gasteiger partial charge in [-0.15, -0.1) is 11.8 Å². The Morgan fingerprint density at radius 2 is 2.00 bits per heavy atom. The van der Waals surface area contributed by atoms with Crippen molar-refractivity contribution in [1.82, 2.24) is 0 Å². The maximum absolute atomic E-state index is 5.65. The smallest absolute Gasteiger partial charge is 0.132 e. The van der Waals surface area contributed by atoms with Gasteiger partial charge >= 0.3 is 0 Å². The van der Waals surface area contributed by atoms with E-state index < -0.39 is 0 Å². The average Bonchev–Trinajstić information content (AvgIpc) is 2.33. The fraction of sp³-hybridized carbons (Fsp3) is 0.538. The Balaban J connectivity index is 3.11. The molecule has 96 valence electrons. The van der Waals surface area contributed by atoms with Gasteiger partial charge in [0.05, 0.1) is 18.6 Å². The number of hydrogen-bond donors (Lipinski definition) is 1. The molecule has 0 heterocycles. The highest BCUT2D eigenvalue weighted by Gasteiger charge is 2.11. The third-order valence-electron chi connectivity index (χ3n) is 2.36. The fourth-order valence-corrected chi connectivity index (χ4v) is 2.44. The van der Waals surface area contributed by atoms with Crippen LogP contribution in [0.1, 0.15) is 19.4 Å². The van der Waals surface area contributed by atoms with Crippen LogP contribution in [-0.2, 0) is 6.42 Å². The molecule has 0 unspecified atom stereocenters. The Morgan fingerprint density at radius 3 is 2.53 bits per heavy atom. The van der Waals surface area contributed by atoms with Crippen molar-refractivity contribution in [2.24, 2.45) is 5.73 Å². The van der Waals surface area contributed by atoms with Crippen LogP contribution in [0.15, 0.2) is 17.0 Å². The van der Waals surface area contributed by atoms with Crippen LogP contribution >= 0.6 is 11.8 Å². The molecule has 1 aromatic carbocycles. The van der Waals surface area contributed by atoms with Crippen molar-refractivity contribution >= 4 is 11.8 Å². The van der Waals surface area contributed by atoms with Crippen LogP contribution in [0.5, 0.6) is 11.5 Å². The zero-order valence-corrected chi connectivity index (χ0v) is 11.6. The van der Waals surface area contributed by atoms with Crippen molar-refractivity contribution in [3.8, 4) is 11.5 Å². The summed E-state index contributed by atoms with van der Waals surface area (Å²) in [6, 6.07) is 4.09. The van der Waals surface area contributed by atoms with Gasteiger partial charge in [0.15, 0.2) is 0 Å². The summed E-state index contributed by atoms with van der Waals surface area (Å²) in [7, 11) is 1.70. The van der Waals surface area contributed by atoms with E-state index >= 15 is 0 Å². The standard InChI is InChI=1S/C13H21NO2S/c1-4-16-11-9-13(17-5-2)12(15-3)8-10(11)6-7-14/h8-9H,4-7,14H2,1-3H3. The fourth-order valence-electron chi connectivity index (χ4n) is 1.65. The second-order valence-corrected chi connectivity index (χ2v) is 4.82. The monoisotopic (exact) mass is 255 g/mol. The van der Waals surface area contributed by atoms with Gasteiger partial charge in [0.25, 0.3) is 0 Å². The maximum Gasteiger partial charge on any atom is 0.132 e. The van der Waals surface area contributed by atoms with Gasteiger partial charge in [0.1, 0.15) is 11.5 Å². The molecule has 3 nitrogen and oxygen atoms in total. The third-order valence-corrected chi connectivity index (χ3v) is 3.28. The summed E-state index contributed by atoms with van der Waals surface area (Å²) < 4.78 is 11.1. The van der Waals surface area contributed by atoms with Gasteiger partial charge in [0, 0.05) is 0 Å². The Morgan fingerprint density at radius 1 is 1.24 bits per heavy atom. The molecular weight excluding hydrogens is 234 g/mol. The summed E-state index contributed by atoms with van der Waals surface area (Å²) in [6.07, 6.45) is 0.808. The second-order valence-electron chi connectivity index (χ2n) is 3.52. The lowest BCUT2D eigenvalue weighted by atomic mass is 10.1. The summed E-state index contributed by atoms with van der Waals surface area (Å²) in [4.78, 5) is 1.12. The van der Waals surface area contributed by atoms with E-state index in [1.165, 1.54) is 0 Å². The number of methoxy groups -OCH3 is 1. The molecule has 17 heavy (non-hydrogen) atoms. The molecule has 4 heteroatoms. The number of rotatable bonds is 7. The van der Waals surface area contributed by atoms with E-state index in [2.05, 4.69) is 13.0 Å². The summed E-state index contributed by atoms with van der Waals surface area (Å²) in [5.41, 5.74) is 6.73. The van der Waals surface area contributed by atoms with Gasteiger partial charge in [-0.3, -0.25) is 0 Å². The lowest BCUT2D eigenvalue weighted by Crippen LogP contribution is -2.06. The molecule has 0 aromatic heterocycles. The summed E-state index contributed by atoms with van der Waals surface area (Å²) in [5.74, 6) is 2.84. The van der Waals surface area contributed by atoms with Gasteiger partial charge < -0.3 is 15.2 Å². The van der Waals surface area contributed by atoms with E-state index in [1.54, 1.807) is 18.9 Å². The lowest BCUT2D eigenvalue weighted by Gasteiger charge is -2.14. The predicted octanol–water partition coefficient (Wildman–Crippen LogP) is 2.71. The van der Waals surface area contributed by atoms with Crippen LogP contribution in [0.3, 0.4) is 0 Å². The Bertz CT molecular complexity index is 356. The first-order valence-electron chi connectivity index (χ1n) is 5.93. The highest BCUT2D eigenvalue weighted by Crippen LogP contribution is 2.35. The van der Waals surface area contributed by atoms with Crippen LogP contribution in [0.2, 0.25) is 0 Å². The van der Waals surface area contributed by atoms with E-state index in [0.717, 1.165) is 34.1 Å². The first kappa shape index (κ1) is 14.2. The maximum atomic E-state index is 5.65. The van der Waals surface area contributed by atoms with E-state index in [0.29, 0.717) is 13.2 Å². The topological polar surface area (TPSA) is 44.5 Å². The van der Waals surface area contributed by atoms with E-state index in [9.17, 15) is 0 Å². The van der Waals surface area contributed by atoms with Crippen molar-refractivity contribution in [2.75, 3.05) is 26.0 Å². The molecule has 0 saturated heterocycles. The van der Waals surface area contributed by atoms with Gasteiger partial charge in [-0.05, 0) is 43.3 Å². The molecule has 2 N–H and O–H groups in total. The number of thioether (sulfide) groups is 1. The zero-order valence-electron chi connectivity index (χ0n) is 10.8. The molecule has 0 aliphatic rings. The number of ether oxygens (including phenoxy) is 2. The highest BCUT2D eigenvalue weighted by atomic mass is 32.2. The summed E-state index contributed by atoms with van der Waals surface area (Å²) >= 11 is 1.76. The quantitative estimate of drug-likeness (QED) is 0.761. The van der Waals surface area contributed by atoms with Gasteiger partial charge in [-0.25, -0.2) is 0 Å². The third kappa shape index (κ3) is 3.82. The number of nitrogens with two attached hydrogens (primary N) is 1. The summed E-state index contributed by atoms with van der Waals surface area (Å²) in [6.45, 7) is 5.39. The molecular formula is C13H21NO2S. The van der Waals surface area contributed by atoms with Crippen LogP contribution in [0.25, 0.3) is 0 Å². The van der Waals surface area contributed by atoms with Gasteiger partial charge in [-0.1, -0.05) is 6.92 Å². The lowest BCUT2D eigenvalue weighted by molar-refractivity contribution is 0.333. The Labute approximate surface area is 108 Å². The first-order chi connectivity index (χ1) is 8.26. The van der Waals surface area contributed by atoms with Crippen molar-refractivity contribution < 1.29 is 9.47 Å². The minimum Gasteiger partial charge on any atom is -0.496 e. The second kappa shape index (κ2) is 7.45. The van der Waals surface area contributed by atoms with Gasteiger partial charge in [-0.2, -0.15) is 0 Å². The normalized spacial score (nSPS) is 10.4. The highest BCUT2D eigenvalue weighted by molar-refractivity contribution is 7.99. The van der Waals surface area contributed by atoms with E-state index in [1.807, 2.05) is 13.0 Å². The number of benzene rings is 1.